The van der Waals surface area contributed by atoms with Crippen molar-refractivity contribution in [1.82, 2.24) is 30.5 Å². The number of anilines is 1. The van der Waals surface area contributed by atoms with Gasteiger partial charge >= 0.3 is 6.36 Å². The first-order chi connectivity index (χ1) is 16.7. The number of halogens is 3. The number of aliphatic hydroxyl groups excluding tert-OH is 1. The van der Waals surface area contributed by atoms with Crippen molar-refractivity contribution in [3.05, 3.63) is 46.7 Å². The van der Waals surface area contributed by atoms with Crippen molar-refractivity contribution < 1.29 is 32.6 Å². The van der Waals surface area contributed by atoms with Crippen molar-refractivity contribution in [2.24, 2.45) is 0 Å². The number of rotatable bonds is 12. The van der Waals surface area contributed by atoms with Crippen LogP contribution in [-0.2, 0) is 24.2 Å². The number of unbranched alkanes of at least 4 members (excludes halogenated alkanes) is 1. The van der Waals surface area contributed by atoms with Crippen molar-refractivity contribution in [2.75, 3.05) is 18.5 Å². The number of benzene rings is 1. The Labute approximate surface area is 201 Å². The van der Waals surface area contributed by atoms with E-state index >= 15 is 0 Å². The van der Waals surface area contributed by atoms with E-state index in [0.29, 0.717) is 28.7 Å². The molecule has 0 saturated heterocycles. The highest BCUT2D eigenvalue weighted by molar-refractivity contribution is 7.15. The fraction of sp³-hybridized carbons (Fsp3) is 0.400. The van der Waals surface area contributed by atoms with Crippen molar-refractivity contribution in [1.29, 1.82) is 0 Å². The molecule has 0 radical (unpaired) electrons. The molecule has 3 aromatic rings. The number of nitrogens with one attached hydrogen (secondary N) is 2. The van der Waals surface area contributed by atoms with Gasteiger partial charge in [0.2, 0.25) is 11.0 Å². The molecule has 35 heavy (non-hydrogen) atoms. The van der Waals surface area contributed by atoms with Gasteiger partial charge in [-0.05, 0) is 30.5 Å². The molecule has 0 atom stereocenters. The largest absolute Gasteiger partial charge is 0.573 e. The highest BCUT2D eigenvalue weighted by atomic mass is 32.1. The minimum atomic E-state index is -4.81. The highest BCUT2D eigenvalue weighted by Gasteiger charge is 2.31. The van der Waals surface area contributed by atoms with Gasteiger partial charge in [0.05, 0.1) is 19.2 Å². The van der Waals surface area contributed by atoms with Gasteiger partial charge in [0, 0.05) is 19.5 Å². The molecule has 0 aliphatic rings. The van der Waals surface area contributed by atoms with Crippen LogP contribution in [0.15, 0.2) is 30.5 Å². The Morgan fingerprint density at radius 1 is 1.17 bits per heavy atom. The minimum absolute atomic E-state index is 0.139. The predicted octanol–water partition coefficient (Wildman–Crippen LogP) is 1.95. The molecule has 0 spiro atoms. The Morgan fingerprint density at radius 2 is 2.00 bits per heavy atom. The number of aryl methyl sites for hydroxylation is 2. The fourth-order valence-electron chi connectivity index (χ4n) is 2.93. The zero-order valence-electron chi connectivity index (χ0n) is 18.3. The van der Waals surface area contributed by atoms with Crippen molar-refractivity contribution in [3.63, 3.8) is 0 Å². The van der Waals surface area contributed by atoms with Crippen LogP contribution in [0.25, 0.3) is 0 Å². The number of hydrogen-bond donors (Lipinski definition) is 3. The van der Waals surface area contributed by atoms with Crippen LogP contribution in [-0.4, -0.2) is 61.6 Å². The number of aromatic nitrogens is 5. The quantitative estimate of drug-likeness (QED) is 0.312. The average Bonchev–Trinajstić information content (AvgIpc) is 3.43. The zero-order valence-corrected chi connectivity index (χ0v) is 19.1. The van der Waals surface area contributed by atoms with E-state index < -0.39 is 23.9 Å². The van der Waals surface area contributed by atoms with Gasteiger partial charge in [-0.15, -0.1) is 28.5 Å². The van der Waals surface area contributed by atoms with E-state index in [9.17, 15) is 22.8 Å². The molecule has 1 aromatic carbocycles. The van der Waals surface area contributed by atoms with E-state index in [1.165, 1.54) is 29.7 Å². The lowest BCUT2D eigenvalue weighted by atomic mass is 10.1. The normalized spacial score (nSPS) is 11.3. The Kier molecular flexibility index (Phi) is 9.08. The molecule has 0 fully saturated rings. The van der Waals surface area contributed by atoms with Gasteiger partial charge in [-0.3, -0.25) is 14.3 Å². The Bertz CT molecular complexity index is 1140. The van der Waals surface area contributed by atoms with Crippen molar-refractivity contribution in [2.45, 2.75) is 38.6 Å². The van der Waals surface area contributed by atoms with Gasteiger partial charge in [0.15, 0.2) is 5.69 Å². The maximum absolute atomic E-state index is 12.3. The van der Waals surface area contributed by atoms with Gasteiger partial charge in [0.25, 0.3) is 5.91 Å². The number of hydrogen-bond acceptors (Lipinski definition) is 9. The summed E-state index contributed by atoms with van der Waals surface area (Å²) in [5.74, 6) is -1.24. The van der Waals surface area contributed by atoms with E-state index in [2.05, 4.69) is 35.9 Å². The minimum Gasteiger partial charge on any atom is -0.406 e. The van der Waals surface area contributed by atoms with Gasteiger partial charge in [-0.2, -0.15) is 0 Å². The van der Waals surface area contributed by atoms with Crippen LogP contribution in [0, 0.1) is 0 Å². The summed E-state index contributed by atoms with van der Waals surface area (Å²) < 4.78 is 42.4. The summed E-state index contributed by atoms with van der Waals surface area (Å²) in [6.45, 7) is 0.519. The topological polar surface area (TPSA) is 144 Å². The number of nitrogens with zero attached hydrogens (tertiary/aromatic N) is 5. The van der Waals surface area contributed by atoms with E-state index in [1.807, 2.05) is 0 Å². The van der Waals surface area contributed by atoms with Gasteiger partial charge in [-0.25, -0.2) is 0 Å². The second-order valence-electron chi connectivity index (χ2n) is 7.22. The molecule has 2 heterocycles. The number of ether oxygens (including phenoxy) is 1. The zero-order chi connectivity index (χ0) is 25.3. The summed E-state index contributed by atoms with van der Waals surface area (Å²) in [4.78, 5) is 24.0. The number of alkyl halides is 3. The molecule has 11 nitrogen and oxygen atoms in total. The first kappa shape index (κ1) is 26.0. The SMILES string of the molecule is O=C(Cc1cccc(OC(F)(F)F)c1)Nc1nnc(CCCCn2cc(C(=O)NCCO)nn2)s1. The molecule has 3 rings (SSSR count). The van der Waals surface area contributed by atoms with Gasteiger partial charge in [-0.1, -0.05) is 28.7 Å². The summed E-state index contributed by atoms with van der Waals surface area (Å²) in [6.07, 6.45) is -1.33. The van der Waals surface area contributed by atoms with Crippen LogP contribution in [0.3, 0.4) is 0 Å². The van der Waals surface area contributed by atoms with Crippen LogP contribution < -0.4 is 15.4 Å². The standard InChI is InChI=1S/C20H22F3N7O4S/c21-20(22,23)34-14-5-3-4-13(10-14)11-16(32)25-19-28-27-17(35-19)6-1-2-8-30-12-15(26-29-30)18(33)24-7-9-31/h3-5,10,12,31H,1-2,6-9,11H2,(H,24,33)(H,25,28,32). The number of carbonyl (C=O) groups is 2. The molecule has 0 aliphatic carbocycles. The average molecular weight is 514 g/mol. The smallest absolute Gasteiger partial charge is 0.406 e. The molecule has 0 saturated carbocycles. The molecule has 0 unspecified atom stereocenters. The van der Waals surface area contributed by atoms with Gasteiger partial charge in [0.1, 0.15) is 10.8 Å². The van der Waals surface area contributed by atoms with E-state index in [4.69, 9.17) is 5.11 Å². The Hall–Kier alpha value is -3.59. The van der Waals surface area contributed by atoms with Gasteiger partial charge < -0.3 is 20.5 Å². The molecule has 2 amide bonds. The highest BCUT2D eigenvalue weighted by Crippen LogP contribution is 2.24. The third-order valence-electron chi connectivity index (χ3n) is 4.41. The molecule has 2 aromatic heterocycles. The Balaban J connectivity index is 1.40. The molecular weight excluding hydrogens is 491 g/mol. The number of aliphatic hydroxyl groups is 1. The Morgan fingerprint density at radius 3 is 2.77 bits per heavy atom. The molecule has 15 heteroatoms. The molecular formula is C20H22F3N7O4S. The van der Waals surface area contributed by atoms with E-state index in [1.54, 1.807) is 4.68 Å². The molecule has 0 aliphatic heterocycles. The summed E-state index contributed by atoms with van der Waals surface area (Å²) in [7, 11) is 0. The van der Waals surface area contributed by atoms with E-state index in [0.717, 1.165) is 25.0 Å². The fourth-order valence-corrected chi connectivity index (χ4v) is 3.73. The summed E-state index contributed by atoms with van der Waals surface area (Å²) in [6, 6.07) is 5.20. The van der Waals surface area contributed by atoms with Crippen molar-refractivity contribution >= 4 is 28.3 Å². The summed E-state index contributed by atoms with van der Waals surface area (Å²) in [5.41, 5.74) is 0.527. The molecule has 188 valence electrons. The monoisotopic (exact) mass is 513 g/mol. The van der Waals surface area contributed by atoms with Crippen LogP contribution in [0.5, 0.6) is 5.75 Å². The lowest BCUT2D eigenvalue weighted by Gasteiger charge is -2.09. The first-order valence-corrected chi connectivity index (χ1v) is 11.3. The molecule has 3 N–H and O–H groups in total. The number of amides is 2. The molecule has 0 bridgehead atoms. The first-order valence-electron chi connectivity index (χ1n) is 10.5. The maximum atomic E-state index is 12.3. The maximum Gasteiger partial charge on any atom is 0.573 e. The lowest BCUT2D eigenvalue weighted by molar-refractivity contribution is -0.274. The van der Waals surface area contributed by atoms with E-state index in [-0.39, 0.29) is 25.3 Å². The summed E-state index contributed by atoms with van der Waals surface area (Å²) >= 11 is 1.21. The lowest BCUT2D eigenvalue weighted by Crippen LogP contribution is -2.26. The number of carbonyl (C=O) groups excluding carboxylic acids is 2. The second-order valence-corrected chi connectivity index (χ2v) is 8.29. The van der Waals surface area contributed by atoms with Crippen LogP contribution >= 0.6 is 11.3 Å². The predicted molar refractivity (Wildman–Crippen MR) is 118 cm³/mol. The summed E-state index contributed by atoms with van der Waals surface area (Å²) in [5, 5.41) is 30.5. The third kappa shape index (κ3) is 8.94. The van der Waals surface area contributed by atoms with Crippen LogP contribution in [0.1, 0.15) is 33.9 Å². The van der Waals surface area contributed by atoms with Crippen LogP contribution in [0.4, 0.5) is 18.3 Å². The second kappa shape index (κ2) is 12.2. The van der Waals surface area contributed by atoms with Crippen molar-refractivity contribution in [3.8, 4) is 5.75 Å². The van der Waals surface area contributed by atoms with Crippen LogP contribution in [0.2, 0.25) is 0 Å². The third-order valence-corrected chi connectivity index (χ3v) is 5.30.